The summed E-state index contributed by atoms with van der Waals surface area (Å²) in [6.07, 6.45) is 0. The summed E-state index contributed by atoms with van der Waals surface area (Å²) in [6, 6.07) is 12.4. The second kappa shape index (κ2) is 9.11. The van der Waals surface area contributed by atoms with Crippen molar-refractivity contribution in [3.05, 3.63) is 86.1 Å². The van der Waals surface area contributed by atoms with Gasteiger partial charge in [-0.3, -0.25) is 14.5 Å². The highest BCUT2D eigenvalue weighted by molar-refractivity contribution is 9.10. The Balaban J connectivity index is 1.76. The molecule has 4 aromatic rings. The monoisotopic (exact) mass is 589 g/mol. The molecule has 7 nitrogen and oxygen atoms in total. The molecule has 1 aliphatic rings. The molecule has 1 unspecified atom stereocenters. The minimum absolute atomic E-state index is 0.0159. The molecule has 1 aromatic heterocycles. The Morgan fingerprint density at radius 2 is 2.00 bits per heavy atom. The number of nitrogens with one attached hydrogen (secondary N) is 1. The molecular formula is C25H18BrClFN3O4S. The molecule has 2 heterocycles. The smallest absolute Gasteiger partial charge is 0.259 e. The molecule has 0 fully saturated rings. The Kier molecular flexibility index (Phi) is 6.24. The molecule has 36 heavy (non-hydrogen) atoms. The molecule has 0 saturated carbocycles. The highest BCUT2D eigenvalue weighted by Gasteiger charge is 2.53. The van der Waals surface area contributed by atoms with Crippen LogP contribution in [0.4, 0.5) is 9.52 Å². The van der Waals surface area contributed by atoms with Crippen molar-refractivity contribution < 1.29 is 23.8 Å². The molecular weight excluding hydrogens is 573 g/mol. The van der Waals surface area contributed by atoms with E-state index in [1.807, 2.05) is 0 Å². The summed E-state index contributed by atoms with van der Waals surface area (Å²) in [4.78, 5) is 31.3. The van der Waals surface area contributed by atoms with Crippen LogP contribution in [0.1, 0.15) is 34.0 Å². The summed E-state index contributed by atoms with van der Waals surface area (Å²) in [5.74, 6) is -0.808. The van der Waals surface area contributed by atoms with Gasteiger partial charge in [-0.2, -0.15) is 0 Å². The van der Waals surface area contributed by atoms with Crippen molar-refractivity contribution >= 4 is 66.0 Å². The standard InChI is InChI=1S/C25H18BrClFN3O4S/c1-12(32)29-24-30-22-19(36-24)10-17(26)21-20(22)23(33)31(11-13-3-6-15(35-2)7-4-13)25(21,34)16-9-14(28)5-8-18(16)27/h3-10,34H,11H2,1-2H3,(H,29,30,32). The molecule has 11 heteroatoms. The van der Waals surface area contributed by atoms with Crippen LogP contribution in [0.2, 0.25) is 5.02 Å². The van der Waals surface area contributed by atoms with Gasteiger partial charge in [-0.15, -0.1) is 0 Å². The topological polar surface area (TPSA) is 91.8 Å². The predicted molar refractivity (Wildman–Crippen MR) is 139 cm³/mol. The van der Waals surface area contributed by atoms with E-state index >= 15 is 0 Å². The number of methoxy groups -OCH3 is 1. The average molecular weight is 591 g/mol. The quantitative estimate of drug-likeness (QED) is 0.313. The van der Waals surface area contributed by atoms with Crippen LogP contribution >= 0.6 is 38.9 Å². The van der Waals surface area contributed by atoms with Crippen molar-refractivity contribution in [2.45, 2.75) is 19.2 Å². The van der Waals surface area contributed by atoms with Gasteiger partial charge in [0, 0.05) is 34.1 Å². The lowest BCUT2D eigenvalue weighted by Crippen LogP contribution is -2.44. The van der Waals surface area contributed by atoms with E-state index in [4.69, 9.17) is 16.3 Å². The van der Waals surface area contributed by atoms with Crippen molar-refractivity contribution in [3.63, 3.8) is 0 Å². The minimum atomic E-state index is -2.11. The number of carbonyl (C=O) groups excluding carboxylic acids is 2. The van der Waals surface area contributed by atoms with Gasteiger partial charge in [-0.1, -0.05) is 51.0 Å². The molecule has 0 bridgehead atoms. The number of thiazole rings is 1. The normalized spacial score (nSPS) is 16.9. The van der Waals surface area contributed by atoms with Crippen LogP contribution in [0, 0.1) is 5.82 Å². The van der Waals surface area contributed by atoms with Crippen molar-refractivity contribution in [3.8, 4) is 5.75 Å². The Morgan fingerprint density at radius 3 is 2.67 bits per heavy atom. The van der Waals surface area contributed by atoms with Crippen molar-refractivity contribution in [2.24, 2.45) is 0 Å². The molecule has 2 N–H and O–H groups in total. The fraction of sp³-hybridized carbons (Fsp3) is 0.160. The first-order valence-electron chi connectivity index (χ1n) is 10.7. The van der Waals surface area contributed by atoms with E-state index < -0.39 is 17.4 Å². The number of hydrogen-bond donors (Lipinski definition) is 2. The van der Waals surface area contributed by atoms with Gasteiger partial charge >= 0.3 is 0 Å². The van der Waals surface area contributed by atoms with E-state index in [0.29, 0.717) is 31.1 Å². The molecule has 0 saturated heterocycles. The lowest BCUT2D eigenvalue weighted by Gasteiger charge is -2.36. The molecule has 0 aliphatic carbocycles. The number of hydrogen-bond acceptors (Lipinski definition) is 6. The van der Waals surface area contributed by atoms with Gasteiger partial charge in [0.15, 0.2) is 10.9 Å². The fourth-order valence-electron chi connectivity index (χ4n) is 4.35. The van der Waals surface area contributed by atoms with Gasteiger partial charge in [-0.05, 0) is 42.0 Å². The summed E-state index contributed by atoms with van der Waals surface area (Å²) in [5.41, 5.74) is -0.745. The van der Waals surface area contributed by atoms with E-state index in [9.17, 15) is 19.1 Å². The summed E-state index contributed by atoms with van der Waals surface area (Å²) in [5, 5.41) is 15.3. The van der Waals surface area contributed by atoms with Crippen molar-refractivity contribution in [1.82, 2.24) is 9.88 Å². The molecule has 184 valence electrons. The highest BCUT2D eigenvalue weighted by Crippen LogP contribution is 2.51. The first-order chi connectivity index (χ1) is 17.1. The molecule has 0 spiro atoms. The van der Waals surface area contributed by atoms with E-state index in [1.165, 1.54) is 35.3 Å². The summed E-state index contributed by atoms with van der Waals surface area (Å²) in [6.45, 7) is 1.34. The number of aliphatic hydroxyl groups is 1. The molecule has 1 aliphatic heterocycles. The predicted octanol–water partition coefficient (Wildman–Crippen LogP) is 5.67. The highest BCUT2D eigenvalue weighted by atomic mass is 79.9. The molecule has 1 atom stereocenters. The van der Waals surface area contributed by atoms with Crippen molar-refractivity contribution in [2.75, 3.05) is 12.4 Å². The first kappa shape index (κ1) is 24.6. The van der Waals surface area contributed by atoms with Gasteiger partial charge in [0.25, 0.3) is 5.91 Å². The van der Waals surface area contributed by atoms with E-state index in [2.05, 4.69) is 26.2 Å². The third-order valence-corrected chi connectivity index (χ3v) is 7.79. The van der Waals surface area contributed by atoms with Crippen LogP contribution < -0.4 is 10.1 Å². The third-order valence-electron chi connectivity index (χ3n) is 5.92. The number of fused-ring (bicyclic) bond motifs is 3. The maximum Gasteiger partial charge on any atom is 0.259 e. The number of benzene rings is 3. The van der Waals surface area contributed by atoms with Gasteiger partial charge < -0.3 is 15.2 Å². The van der Waals surface area contributed by atoms with Gasteiger partial charge in [0.1, 0.15) is 11.6 Å². The maximum atomic E-state index is 14.4. The lowest BCUT2D eigenvalue weighted by atomic mass is 9.93. The first-order valence-corrected chi connectivity index (χ1v) is 12.7. The zero-order valence-electron chi connectivity index (χ0n) is 18.9. The van der Waals surface area contributed by atoms with Crippen LogP contribution in [0.15, 0.2) is 53.0 Å². The summed E-state index contributed by atoms with van der Waals surface area (Å²) >= 11 is 11.2. The average Bonchev–Trinajstić information content (AvgIpc) is 3.32. The van der Waals surface area contributed by atoms with Gasteiger partial charge in [-0.25, -0.2) is 9.37 Å². The van der Waals surface area contributed by atoms with Crippen LogP contribution in [0.5, 0.6) is 5.75 Å². The van der Waals surface area contributed by atoms with E-state index in [-0.39, 0.29) is 34.2 Å². The third kappa shape index (κ3) is 3.94. The number of aromatic nitrogens is 1. The number of nitrogens with zero attached hydrogens (tertiary/aromatic N) is 2. The molecule has 2 amide bonds. The second-order valence-electron chi connectivity index (χ2n) is 8.19. The van der Waals surface area contributed by atoms with E-state index in [0.717, 1.165) is 6.07 Å². The van der Waals surface area contributed by atoms with Crippen LogP contribution in [-0.2, 0) is 17.1 Å². The fourth-order valence-corrected chi connectivity index (χ4v) is 6.41. The lowest BCUT2D eigenvalue weighted by molar-refractivity contribution is -0.114. The van der Waals surface area contributed by atoms with Gasteiger partial charge in [0.2, 0.25) is 5.91 Å². The zero-order chi connectivity index (χ0) is 25.8. The summed E-state index contributed by atoms with van der Waals surface area (Å²) < 4.78 is 20.7. The Morgan fingerprint density at radius 1 is 1.28 bits per heavy atom. The maximum absolute atomic E-state index is 14.4. The largest absolute Gasteiger partial charge is 0.497 e. The van der Waals surface area contributed by atoms with Crippen LogP contribution in [0.25, 0.3) is 10.2 Å². The van der Waals surface area contributed by atoms with Crippen LogP contribution in [-0.4, -0.2) is 33.9 Å². The summed E-state index contributed by atoms with van der Waals surface area (Å²) in [7, 11) is 1.55. The second-order valence-corrected chi connectivity index (χ2v) is 10.5. The number of halogens is 3. The Bertz CT molecular complexity index is 1540. The van der Waals surface area contributed by atoms with E-state index in [1.54, 1.807) is 37.4 Å². The number of rotatable bonds is 5. The number of amides is 2. The van der Waals surface area contributed by atoms with Gasteiger partial charge in [0.05, 0.1) is 22.9 Å². The zero-order valence-corrected chi connectivity index (χ0v) is 22.1. The van der Waals surface area contributed by atoms with Crippen LogP contribution in [0.3, 0.4) is 0 Å². The number of carbonyl (C=O) groups is 2. The SMILES string of the molecule is COc1ccc(CN2C(=O)c3c(c(Br)cc4sc(NC(C)=O)nc34)C2(O)c2cc(F)ccc2Cl)cc1. The number of ether oxygens (including phenoxy) is 1. The number of anilines is 1. The molecule has 5 rings (SSSR count). The van der Waals surface area contributed by atoms with Crippen molar-refractivity contribution in [1.29, 1.82) is 0 Å². The minimum Gasteiger partial charge on any atom is -0.497 e. The Labute approximate surface area is 222 Å². The molecule has 3 aromatic carbocycles. The Hall–Kier alpha value is -3.05. The molecule has 0 radical (unpaired) electrons.